The lowest BCUT2D eigenvalue weighted by atomic mass is 10.0. The molecule has 0 amide bonds. The fourth-order valence-corrected chi connectivity index (χ4v) is 8.31. The Balaban J connectivity index is 1.16. The summed E-state index contributed by atoms with van der Waals surface area (Å²) in [5, 5.41) is 2.09. The number of anilines is 2. The van der Waals surface area contributed by atoms with Crippen molar-refractivity contribution in [3.63, 3.8) is 0 Å². The number of ketones is 2. The number of nitrogens with zero attached hydrogens (tertiary/aromatic N) is 2. The van der Waals surface area contributed by atoms with Gasteiger partial charge in [-0.2, -0.15) is 0 Å². The number of hydrogen-bond donors (Lipinski definition) is 0. The molecule has 0 saturated heterocycles. The highest BCUT2D eigenvalue weighted by Crippen LogP contribution is 2.57. The Bertz CT molecular complexity index is 1820. The van der Waals surface area contributed by atoms with Crippen molar-refractivity contribution in [3.8, 4) is 0 Å². The third-order valence-corrected chi connectivity index (χ3v) is 10.9. The van der Waals surface area contributed by atoms with Crippen molar-refractivity contribution in [2.75, 3.05) is 23.9 Å². The maximum atomic E-state index is 13.0. The molecule has 0 N–H and O–H groups in total. The molecule has 4 nitrogen and oxygen atoms in total. The molecular formula is C36H28N2O2S2. The van der Waals surface area contributed by atoms with Gasteiger partial charge >= 0.3 is 0 Å². The van der Waals surface area contributed by atoms with E-state index in [9.17, 15) is 9.59 Å². The average Bonchev–Trinajstić information content (AvgIpc) is 3.62. The molecule has 2 aliphatic heterocycles. The highest BCUT2D eigenvalue weighted by molar-refractivity contribution is 8.06. The molecule has 4 aliphatic rings. The first-order chi connectivity index (χ1) is 20.1. The highest BCUT2D eigenvalue weighted by atomic mass is 32.2. The summed E-state index contributed by atoms with van der Waals surface area (Å²) in [6, 6.07) is 16.1. The second-order valence-corrected chi connectivity index (χ2v) is 13.0. The van der Waals surface area contributed by atoms with Gasteiger partial charge in [-0.1, -0.05) is 84.2 Å². The van der Waals surface area contributed by atoms with E-state index >= 15 is 0 Å². The van der Waals surface area contributed by atoms with Gasteiger partial charge in [-0.05, 0) is 78.1 Å². The smallest absolute Gasteiger partial charge is 0.197 e. The molecule has 3 aromatic carbocycles. The van der Waals surface area contributed by atoms with E-state index in [-0.39, 0.29) is 17.1 Å². The maximum Gasteiger partial charge on any atom is 0.197 e. The van der Waals surface area contributed by atoms with Gasteiger partial charge in [-0.25, -0.2) is 0 Å². The molecule has 0 fully saturated rings. The van der Waals surface area contributed by atoms with Crippen molar-refractivity contribution in [2.45, 2.75) is 23.6 Å². The molecule has 42 heavy (non-hydrogen) atoms. The summed E-state index contributed by atoms with van der Waals surface area (Å²) < 4.78 is 0. The molecule has 0 radical (unpaired) electrons. The lowest BCUT2D eigenvalue weighted by molar-refractivity contribution is 0.0988. The third kappa shape index (κ3) is 3.93. The van der Waals surface area contributed by atoms with Crippen molar-refractivity contribution >= 4 is 57.6 Å². The second-order valence-electron chi connectivity index (χ2n) is 11.0. The Morgan fingerprint density at radius 1 is 0.595 bits per heavy atom. The quantitative estimate of drug-likeness (QED) is 0.222. The Labute approximate surface area is 254 Å². The Kier molecular flexibility index (Phi) is 6.12. The average molecular weight is 585 g/mol. The number of allylic oxidation sites excluding steroid dienone is 8. The van der Waals surface area contributed by atoms with E-state index in [1.165, 1.54) is 15.4 Å². The number of carbonyl (C=O) groups excluding carboxylic acids is 2. The predicted octanol–water partition coefficient (Wildman–Crippen LogP) is 8.74. The predicted molar refractivity (Wildman–Crippen MR) is 176 cm³/mol. The molecule has 7 rings (SSSR count). The lowest BCUT2D eigenvalue weighted by Gasteiger charge is -2.15. The van der Waals surface area contributed by atoms with Gasteiger partial charge in [-0.15, -0.1) is 0 Å². The van der Waals surface area contributed by atoms with Crippen LogP contribution in [0.15, 0.2) is 117 Å². The molecule has 2 aliphatic carbocycles. The largest absolute Gasteiger partial charge is 0.338 e. The summed E-state index contributed by atoms with van der Waals surface area (Å²) in [6.07, 6.45) is 7.87. The Hall–Kier alpha value is -4.26. The van der Waals surface area contributed by atoms with E-state index in [2.05, 4.69) is 79.4 Å². The third-order valence-electron chi connectivity index (χ3n) is 8.28. The van der Waals surface area contributed by atoms with Crippen LogP contribution in [0.2, 0.25) is 0 Å². The lowest BCUT2D eigenvalue weighted by Crippen LogP contribution is -2.11. The summed E-state index contributed by atoms with van der Waals surface area (Å²) >= 11 is 3.41. The van der Waals surface area contributed by atoms with Crippen LogP contribution in [-0.4, -0.2) is 25.7 Å². The van der Waals surface area contributed by atoms with Crippen LogP contribution in [0.1, 0.15) is 43.0 Å². The van der Waals surface area contributed by atoms with Crippen LogP contribution in [0.3, 0.4) is 0 Å². The van der Waals surface area contributed by atoms with E-state index in [1.807, 2.05) is 26.1 Å². The zero-order chi connectivity index (χ0) is 29.4. The first-order valence-corrected chi connectivity index (χ1v) is 15.3. The summed E-state index contributed by atoms with van der Waals surface area (Å²) in [5.41, 5.74) is 11.0. The monoisotopic (exact) mass is 584 g/mol. The first kappa shape index (κ1) is 26.6. The molecule has 0 saturated carbocycles. The van der Waals surface area contributed by atoms with E-state index in [0.29, 0.717) is 11.1 Å². The number of carbonyl (C=O) groups is 2. The van der Waals surface area contributed by atoms with Gasteiger partial charge in [0.25, 0.3) is 0 Å². The van der Waals surface area contributed by atoms with Crippen molar-refractivity contribution in [1.29, 1.82) is 0 Å². The fraction of sp³-hybridized carbons (Fsp3) is 0.111. The van der Waals surface area contributed by atoms with Crippen LogP contribution in [0.25, 0.3) is 11.1 Å². The van der Waals surface area contributed by atoms with E-state index in [4.69, 9.17) is 0 Å². The number of thioether (sulfide) groups is 2. The Morgan fingerprint density at radius 2 is 1.07 bits per heavy atom. The zero-order valence-electron chi connectivity index (χ0n) is 23.9. The van der Waals surface area contributed by atoms with Crippen LogP contribution < -0.4 is 9.80 Å². The molecular weight excluding hydrogens is 557 g/mol. The number of fused-ring (bicyclic) bond motifs is 5. The van der Waals surface area contributed by atoms with E-state index < -0.39 is 0 Å². The number of Topliss-reactive ketones (excluding diaryl/α,β-unsaturated/α-hetero) is 2. The molecule has 0 aromatic heterocycles. The SMILES string of the molecule is C=C1/C(=C/C=C2\Sc3c(ccc4c3S/C(=C\C=C3\C(=O)c5ccc(C)cc5C3=O)N4C)N2C)C(=C)c2cc(C)ccc21. The molecule has 3 aromatic rings. The molecule has 0 bridgehead atoms. The minimum absolute atomic E-state index is 0.202. The van der Waals surface area contributed by atoms with Gasteiger partial charge in [-0.3, -0.25) is 9.59 Å². The van der Waals surface area contributed by atoms with Gasteiger partial charge in [0.05, 0.1) is 36.8 Å². The van der Waals surface area contributed by atoms with Gasteiger partial charge in [0.2, 0.25) is 0 Å². The minimum Gasteiger partial charge on any atom is -0.338 e. The van der Waals surface area contributed by atoms with Crippen LogP contribution in [0, 0.1) is 13.8 Å². The second kappa shape index (κ2) is 9.65. The van der Waals surface area contributed by atoms with Crippen LogP contribution >= 0.6 is 23.5 Å². The van der Waals surface area contributed by atoms with Gasteiger partial charge < -0.3 is 9.80 Å². The van der Waals surface area contributed by atoms with Crippen molar-refractivity contribution < 1.29 is 9.59 Å². The van der Waals surface area contributed by atoms with E-state index in [1.54, 1.807) is 41.7 Å². The summed E-state index contributed by atoms with van der Waals surface area (Å²) in [4.78, 5) is 32.7. The summed E-state index contributed by atoms with van der Waals surface area (Å²) in [7, 11) is 4.11. The normalized spacial score (nSPS) is 21.0. The fourth-order valence-electron chi connectivity index (χ4n) is 5.88. The molecule has 0 unspecified atom stereocenters. The molecule has 0 atom stereocenters. The highest BCUT2D eigenvalue weighted by Gasteiger charge is 2.35. The van der Waals surface area contributed by atoms with E-state index in [0.717, 1.165) is 54.8 Å². The summed E-state index contributed by atoms with van der Waals surface area (Å²) in [6.45, 7) is 12.7. The minimum atomic E-state index is -0.206. The zero-order valence-corrected chi connectivity index (χ0v) is 25.5. The standard InChI is InChI=1S/C36H28N2O2S2/c1-19-7-9-24-21(3)23(22(4)27(24)17-19)11-15-31-37(5)29-13-14-30-36(35(29)41-31)42-32(38(30)6)16-12-26-33(39)25-10-8-20(2)18-28(25)34(26)40/h7-18H,3-4H2,1-2,5-6H3/b23-11-,26-12-,31-15-,32-16-. The topological polar surface area (TPSA) is 40.6 Å². The van der Waals surface area contributed by atoms with Crippen LogP contribution in [0.5, 0.6) is 0 Å². The molecule has 2 heterocycles. The number of rotatable bonds is 2. The summed E-state index contributed by atoms with van der Waals surface area (Å²) in [5.74, 6) is -0.408. The van der Waals surface area contributed by atoms with Gasteiger partial charge in [0.15, 0.2) is 11.6 Å². The van der Waals surface area contributed by atoms with Crippen molar-refractivity contribution in [1.82, 2.24) is 0 Å². The number of aryl methyl sites for hydroxylation is 2. The van der Waals surface area contributed by atoms with Crippen LogP contribution in [-0.2, 0) is 0 Å². The van der Waals surface area contributed by atoms with Crippen molar-refractivity contribution in [2.24, 2.45) is 0 Å². The first-order valence-electron chi connectivity index (χ1n) is 13.7. The number of hydrogen-bond acceptors (Lipinski definition) is 6. The molecule has 0 spiro atoms. The Morgan fingerprint density at radius 3 is 1.67 bits per heavy atom. The van der Waals surface area contributed by atoms with Gasteiger partial charge in [0.1, 0.15) is 0 Å². The van der Waals surface area contributed by atoms with Gasteiger partial charge in [0, 0.05) is 25.2 Å². The van der Waals surface area contributed by atoms with Crippen molar-refractivity contribution in [3.05, 3.63) is 141 Å². The maximum absolute atomic E-state index is 13.0. The molecule has 206 valence electrons. The molecule has 6 heteroatoms. The van der Waals surface area contributed by atoms with Crippen LogP contribution in [0.4, 0.5) is 11.4 Å². The number of benzene rings is 3.